The summed E-state index contributed by atoms with van der Waals surface area (Å²) in [5.41, 5.74) is 3.95. The van der Waals surface area contributed by atoms with E-state index < -0.39 is 15.9 Å². The predicted molar refractivity (Wildman–Crippen MR) is 160 cm³/mol. The number of carbonyl (C=O) groups is 2. The maximum absolute atomic E-state index is 13.1. The van der Waals surface area contributed by atoms with Crippen molar-refractivity contribution in [3.05, 3.63) is 90.0 Å². The molecule has 0 aromatic heterocycles. The average Bonchev–Trinajstić information content (AvgIpc) is 3.29. The van der Waals surface area contributed by atoms with E-state index in [0.717, 1.165) is 21.1 Å². The molecule has 210 valence electrons. The normalized spacial score (nSPS) is 15.1. The summed E-state index contributed by atoms with van der Waals surface area (Å²) in [6.45, 7) is 2.41. The fraction of sp³-hybridized carbons (Fsp3) is 0.300. The minimum absolute atomic E-state index is 0.143. The summed E-state index contributed by atoms with van der Waals surface area (Å²) in [4.78, 5) is 34.3. The van der Waals surface area contributed by atoms with Crippen LogP contribution in [0.15, 0.2) is 83.9 Å². The Morgan fingerprint density at radius 3 is 2.20 bits per heavy atom. The number of hydrogen-bond acceptors (Lipinski definition) is 6. The predicted octanol–water partition coefficient (Wildman–Crippen LogP) is 3.72. The Morgan fingerprint density at radius 1 is 0.900 bits per heavy atom. The number of carbonyl (C=O) groups excluding carboxylic acids is 2. The van der Waals surface area contributed by atoms with E-state index in [1.54, 1.807) is 38.2 Å². The number of fused-ring (bicyclic) bond motifs is 1. The second-order valence-electron chi connectivity index (χ2n) is 9.91. The lowest BCUT2D eigenvalue weighted by Crippen LogP contribution is -2.43. The average molecular weight is 562 g/mol. The van der Waals surface area contributed by atoms with Crippen molar-refractivity contribution in [1.29, 1.82) is 0 Å². The summed E-state index contributed by atoms with van der Waals surface area (Å²) in [6.07, 6.45) is 0. The van der Waals surface area contributed by atoms with Crippen LogP contribution in [0.4, 0.5) is 17.1 Å². The van der Waals surface area contributed by atoms with E-state index in [1.165, 1.54) is 4.90 Å². The van der Waals surface area contributed by atoms with Crippen LogP contribution in [0.25, 0.3) is 0 Å². The largest absolute Gasteiger partial charge is 0.343 e. The Labute approximate surface area is 236 Å². The zero-order valence-corrected chi connectivity index (χ0v) is 24.1. The number of benzene rings is 3. The molecule has 2 amide bonds. The van der Waals surface area contributed by atoms with Gasteiger partial charge < -0.3 is 15.1 Å². The summed E-state index contributed by atoms with van der Waals surface area (Å²) in [5.74, 6) is -1.18. The minimum atomic E-state index is -3.72. The van der Waals surface area contributed by atoms with Crippen LogP contribution in [0.3, 0.4) is 0 Å². The Morgan fingerprint density at radius 2 is 1.55 bits per heavy atom. The van der Waals surface area contributed by atoms with Crippen molar-refractivity contribution in [1.82, 2.24) is 9.80 Å². The highest BCUT2D eigenvalue weighted by molar-refractivity contribution is 7.92. The standard InChI is InChI=1S/C30H35N5O4S/c1-5-40(38,39)35(21-27(36)34(4)20-19-33(2)3)24-17-15-23(16-18-24)31-29(22-11-7-6-8-12-22)28-25-13-9-10-14-26(25)32-30(28)37/h6-18,28H,5,19-21H2,1-4H3,(H,32,37). The van der Waals surface area contributed by atoms with Crippen LogP contribution in [0.5, 0.6) is 0 Å². The van der Waals surface area contributed by atoms with E-state index in [0.29, 0.717) is 30.2 Å². The number of amides is 2. The van der Waals surface area contributed by atoms with Crippen LogP contribution in [0, 0.1) is 0 Å². The molecule has 1 aliphatic rings. The van der Waals surface area contributed by atoms with Gasteiger partial charge in [0.15, 0.2) is 0 Å². The topological polar surface area (TPSA) is 102 Å². The number of nitrogens with one attached hydrogen (secondary N) is 1. The molecule has 10 heteroatoms. The summed E-state index contributed by atoms with van der Waals surface area (Å²) in [6, 6.07) is 23.8. The highest BCUT2D eigenvalue weighted by Crippen LogP contribution is 2.36. The molecule has 3 aromatic rings. The zero-order chi connectivity index (χ0) is 28.9. The number of aliphatic imine (C=N–C) groups is 1. The zero-order valence-electron chi connectivity index (χ0n) is 23.2. The first kappa shape index (κ1) is 29.0. The van der Waals surface area contributed by atoms with Gasteiger partial charge in [-0.2, -0.15) is 0 Å². The molecule has 0 aliphatic carbocycles. The molecule has 0 spiro atoms. The number of sulfonamides is 1. The number of anilines is 2. The van der Waals surface area contributed by atoms with Crippen LogP contribution in [0.1, 0.15) is 24.0 Å². The van der Waals surface area contributed by atoms with E-state index in [9.17, 15) is 18.0 Å². The van der Waals surface area contributed by atoms with E-state index in [4.69, 9.17) is 4.99 Å². The van der Waals surface area contributed by atoms with Crippen LogP contribution < -0.4 is 9.62 Å². The van der Waals surface area contributed by atoms with Gasteiger partial charge in [0, 0.05) is 25.8 Å². The molecule has 0 bridgehead atoms. The smallest absolute Gasteiger partial charge is 0.243 e. The Bertz CT molecular complexity index is 1490. The Kier molecular flexibility index (Phi) is 9.01. The maximum atomic E-state index is 13.1. The lowest BCUT2D eigenvalue weighted by molar-refractivity contribution is -0.128. The molecule has 0 saturated carbocycles. The Hall–Kier alpha value is -4.02. The number of hydrogen-bond donors (Lipinski definition) is 1. The fourth-order valence-electron chi connectivity index (χ4n) is 4.44. The summed E-state index contributed by atoms with van der Waals surface area (Å²) in [7, 11) is 1.78. The molecule has 1 N–H and O–H groups in total. The number of likely N-dealkylation sites (N-methyl/N-ethyl adjacent to an activating group) is 2. The van der Waals surface area contributed by atoms with Crippen molar-refractivity contribution in [2.45, 2.75) is 12.8 Å². The lowest BCUT2D eigenvalue weighted by atomic mass is 9.90. The van der Waals surface area contributed by atoms with Crippen molar-refractivity contribution in [3.63, 3.8) is 0 Å². The van der Waals surface area contributed by atoms with E-state index >= 15 is 0 Å². The van der Waals surface area contributed by atoms with Gasteiger partial charge in [0.05, 0.1) is 22.8 Å². The maximum Gasteiger partial charge on any atom is 0.243 e. The van der Waals surface area contributed by atoms with Gasteiger partial charge in [-0.3, -0.25) is 18.9 Å². The van der Waals surface area contributed by atoms with Gasteiger partial charge in [-0.05, 0) is 62.5 Å². The first-order valence-electron chi connectivity index (χ1n) is 13.1. The van der Waals surface area contributed by atoms with Crippen LogP contribution in [0.2, 0.25) is 0 Å². The van der Waals surface area contributed by atoms with E-state index in [-0.39, 0.29) is 24.1 Å². The van der Waals surface area contributed by atoms with Gasteiger partial charge in [-0.25, -0.2) is 8.42 Å². The summed E-state index contributed by atoms with van der Waals surface area (Å²) in [5, 5.41) is 2.94. The van der Waals surface area contributed by atoms with Crippen molar-refractivity contribution >= 4 is 44.6 Å². The lowest BCUT2D eigenvalue weighted by Gasteiger charge is -2.27. The van der Waals surface area contributed by atoms with Gasteiger partial charge >= 0.3 is 0 Å². The second-order valence-corrected chi connectivity index (χ2v) is 12.1. The van der Waals surface area contributed by atoms with Crippen LogP contribution in [-0.2, 0) is 19.6 Å². The van der Waals surface area contributed by atoms with Gasteiger partial charge in [0.25, 0.3) is 0 Å². The first-order chi connectivity index (χ1) is 19.1. The van der Waals surface area contributed by atoms with Crippen molar-refractivity contribution in [3.8, 4) is 0 Å². The second kappa shape index (κ2) is 12.4. The molecule has 0 saturated heterocycles. The quantitative estimate of drug-likeness (QED) is 0.360. The van der Waals surface area contributed by atoms with E-state index in [2.05, 4.69) is 5.32 Å². The molecular weight excluding hydrogens is 526 g/mol. The van der Waals surface area contributed by atoms with Gasteiger partial charge in [-0.1, -0.05) is 48.5 Å². The molecule has 1 unspecified atom stereocenters. The van der Waals surface area contributed by atoms with Crippen molar-refractivity contribution in [2.24, 2.45) is 4.99 Å². The molecule has 4 rings (SSSR count). The molecule has 9 nitrogen and oxygen atoms in total. The first-order valence-corrected chi connectivity index (χ1v) is 14.7. The third-order valence-corrected chi connectivity index (χ3v) is 8.55. The SMILES string of the molecule is CCS(=O)(=O)N(CC(=O)N(C)CCN(C)C)c1ccc(N=C(c2ccccc2)C2C(=O)Nc3ccccc32)cc1. The number of nitrogens with zero attached hydrogens (tertiary/aromatic N) is 4. The third kappa shape index (κ3) is 6.57. The Balaban J connectivity index is 1.67. The van der Waals surface area contributed by atoms with Gasteiger partial charge in [-0.15, -0.1) is 0 Å². The monoisotopic (exact) mass is 561 g/mol. The molecule has 1 heterocycles. The van der Waals surface area contributed by atoms with E-state index in [1.807, 2.05) is 73.6 Å². The number of para-hydroxylation sites is 1. The highest BCUT2D eigenvalue weighted by Gasteiger charge is 2.35. The molecule has 1 aliphatic heterocycles. The van der Waals surface area contributed by atoms with Gasteiger partial charge in [0.1, 0.15) is 12.5 Å². The number of rotatable bonds is 11. The van der Waals surface area contributed by atoms with Crippen molar-refractivity contribution in [2.75, 3.05) is 56.2 Å². The molecule has 0 radical (unpaired) electrons. The minimum Gasteiger partial charge on any atom is -0.343 e. The van der Waals surface area contributed by atoms with Crippen LogP contribution >= 0.6 is 0 Å². The molecular formula is C30H35N5O4S. The van der Waals surface area contributed by atoms with Crippen molar-refractivity contribution < 1.29 is 18.0 Å². The molecule has 3 aromatic carbocycles. The third-order valence-electron chi connectivity index (χ3n) is 6.81. The fourth-order valence-corrected chi connectivity index (χ4v) is 5.50. The molecule has 1 atom stereocenters. The highest BCUT2D eigenvalue weighted by atomic mass is 32.2. The van der Waals surface area contributed by atoms with Gasteiger partial charge in [0.2, 0.25) is 21.8 Å². The van der Waals surface area contributed by atoms with Crippen LogP contribution in [-0.4, -0.2) is 82.3 Å². The summed E-state index contributed by atoms with van der Waals surface area (Å²) < 4.78 is 27.1. The molecule has 40 heavy (non-hydrogen) atoms. The summed E-state index contributed by atoms with van der Waals surface area (Å²) >= 11 is 0. The molecule has 0 fully saturated rings.